The summed E-state index contributed by atoms with van der Waals surface area (Å²) in [5, 5.41) is 3.16. The molecular weight excluding hydrogens is 560 g/mol. The lowest BCUT2D eigenvalue weighted by Gasteiger charge is -2.33. The van der Waals surface area contributed by atoms with E-state index in [4.69, 9.17) is 0 Å². The Labute approximate surface area is 246 Å². The summed E-state index contributed by atoms with van der Waals surface area (Å²) >= 11 is 3.57. The molecule has 1 N–H and O–H groups in total. The van der Waals surface area contributed by atoms with Crippen LogP contribution in [-0.4, -0.2) is 28.8 Å². The van der Waals surface area contributed by atoms with Gasteiger partial charge in [0, 0.05) is 35.8 Å². The highest BCUT2D eigenvalue weighted by atomic mass is 79.9. The van der Waals surface area contributed by atoms with Gasteiger partial charge in [-0.15, -0.1) is 0 Å². The number of benzene rings is 4. The number of carbonyl (C=O) groups excluding carboxylic acids is 2. The van der Waals surface area contributed by atoms with Crippen molar-refractivity contribution in [1.29, 1.82) is 0 Å². The van der Waals surface area contributed by atoms with Crippen LogP contribution < -0.4 is 5.32 Å². The molecule has 2 atom stereocenters. The van der Waals surface area contributed by atoms with Crippen molar-refractivity contribution < 1.29 is 9.59 Å². The van der Waals surface area contributed by atoms with E-state index in [2.05, 4.69) is 45.5 Å². The summed E-state index contributed by atoms with van der Waals surface area (Å²) in [6, 6.07) is 37.5. The van der Waals surface area contributed by atoms with Crippen LogP contribution in [0.2, 0.25) is 0 Å². The monoisotopic (exact) mass is 596 g/mol. The summed E-state index contributed by atoms with van der Waals surface area (Å²) in [5.41, 5.74) is 4.14. The molecule has 0 radical (unpaired) electrons. The highest BCUT2D eigenvalue weighted by Crippen LogP contribution is 2.30. The lowest BCUT2D eigenvalue weighted by atomic mass is 9.87. The van der Waals surface area contributed by atoms with Gasteiger partial charge in [-0.25, -0.2) is 0 Å². The molecule has 0 saturated heterocycles. The lowest BCUT2D eigenvalue weighted by Crippen LogP contribution is -2.52. The van der Waals surface area contributed by atoms with Gasteiger partial charge in [-0.2, -0.15) is 0 Å². The first-order chi connectivity index (χ1) is 19.4. The minimum absolute atomic E-state index is 0.00924. The van der Waals surface area contributed by atoms with Crippen LogP contribution in [0.15, 0.2) is 120 Å². The molecule has 206 valence electrons. The summed E-state index contributed by atoms with van der Waals surface area (Å²) < 4.78 is 0.938. The molecular formula is C35H37BrN2O2. The number of amides is 2. The highest BCUT2D eigenvalue weighted by molar-refractivity contribution is 9.10. The van der Waals surface area contributed by atoms with E-state index in [1.54, 1.807) is 4.90 Å². The molecule has 2 amide bonds. The fourth-order valence-corrected chi connectivity index (χ4v) is 5.36. The van der Waals surface area contributed by atoms with Gasteiger partial charge in [-0.3, -0.25) is 9.59 Å². The predicted molar refractivity (Wildman–Crippen MR) is 166 cm³/mol. The summed E-state index contributed by atoms with van der Waals surface area (Å²) in [7, 11) is 0. The van der Waals surface area contributed by atoms with Gasteiger partial charge in [0.25, 0.3) is 0 Å². The molecule has 0 aliphatic rings. The quantitative estimate of drug-likeness (QED) is 0.184. The van der Waals surface area contributed by atoms with E-state index >= 15 is 0 Å². The maximum absolute atomic E-state index is 14.4. The van der Waals surface area contributed by atoms with Gasteiger partial charge in [-0.1, -0.05) is 126 Å². The van der Waals surface area contributed by atoms with Gasteiger partial charge >= 0.3 is 0 Å². The van der Waals surface area contributed by atoms with Crippen LogP contribution in [0.3, 0.4) is 0 Å². The Kier molecular flexibility index (Phi) is 10.7. The third-order valence-electron chi connectivity index (χ3n) is 7.30. The van der Waals surface area contributed by atoms with Crippen LogP contribution in [0.1, 0.15) is 54.9 Å². The molecule has 0 aliphatic heterocycles. The van der Waals surface area contributed by atoms with Crippen LogP contribution in [0, 0.1) is 0 Å². The fourth-order valence-electron chi connectivity index (χ4n) is 4.92. The molecule has 4 aromatic carbocycles. The van der Waals surface area contributed by atoms with E-state index in [9.17, 15) is 9.59 Å². The summed E-state index contributed by atoms with van der Waals surface area (Å²) in [6.07, 6.45) is 1.50. The Morgan fingerprint density at radius 2 is 1.32 bits per heavy atom. The minimum atomic E-state index is -0.657. The van der Waals surface area contributed by atoms with Gasteiger partial charge < -0.3 is 10.2 Å². The third kappa shape index (κ3) is 8.15. The Balaban J connectivity index is 1.74. The Morgan fingerprint density at radius 3 is 1.88 bits per heavy atom. The van der Waals surface area contributed by atoms with Gasteiger partial charge in [-0.05, 0) is 47.7 Å². The molecule has 0 heterocycles. The maximum Gasteiger partial charge on any atom is 0.243 e. The molecule has 4 rings (SSSR count). The van der Waals surface area contributed by atoms with Crippen molar-refractivity contribution in [3.05, 3.63) is 142 Å². The maximum atomic E-state index is 14.4. The summed E-state index contributed by atoms with van der Waals surface area (Å²) in [5.74, 6) is -0.314. The van der Waals surface area contributed by atoms with E-state index in [0.717, 1.165) is 33.1 Å². The Hall–Kier alpha value is -3.70. The number of nitrogens with zero attached hydrogens (tertiary/aromatic N) is 1. The smallest absolute Gasteiger partial charge is 0.243 e. The molecule has 4 nitrogen and oxygen atoms in total. The number of rotatable bonds is 12. The second kappa shape index (κ2) is 14.6. The number of nitrogens with one attached hydrogen (secondary N) is 1. The predicted octanol–water partition coefficient (Wildman–Crippen LogP) is 7.53. The molecule has 5 heteroatoms. The van der Waals surface area contributed by atoms with Crippen LogP contribution in [0.25, 0.3) is 0 Å². The largest absolute Gasteiger partial charge is 0.352 e. The number of halogens is 1. The molecule has 40 heavy (non-hydrogen) atoms. The van der Waals surface area contributed by atoms with Crippen molar-refractivity contribution in [3.8, 4) is 0 Å². The first-order valence-corrected chi connectivity index (χ1v) is 14.7. The van der Waals surface area contributed by atoms with E-state index < -0.39 is 6.04 Å². The number of hydrogen-bond acceptors (Lipinski definition) is 2. The Morgan fingerprint density at radius 1 is 0.775 bits per heavy atom. The zero-order valence-electron chi connectivity index (χ0n) is 23.2. The standard InChI is InChI=1S/C35H37BrN2O2/c1-3-26(2)37-35(40)33(23-27-14-7-4-8-15-27)38(25-28-16-13-21-31(36)22-28)34(39)24-32(29-17-9-5-10-18-29)30-19-11-6-12-20-30/h4-22,26,32-33H,3,23-25H2,1-2H3,(H,37,40)/t26-,33+/m1/s1. The highest BCUT2D eigenvalue weighted by Gasteiger charge is 2.32. The van der Waals surface area contributed by atoms with Crippen LogP contribution >= 0.6 is 15.9 Å². The average molecular weight is 598 g/mol. The second-order valence-corrected chi connectivity index (χ2v) is 11.2. The van der Waals surface area contributed by atoms with E-state index in [1.165, 1.54) is 0 Å². The molecule has 0 saturated carbocycles. The first-order valence-electron chi connectivity index (χ1n) is 13.9. The van der Waals surface area contributed by atoms with E-state index in [-0.39, 0.29) is 30.2 Å². The third-order valence-corrected chi connectivity index (χ3v) is 7.79. The summed E-state index contributed by atoms with van der Waals surface area (Å²) in [4.78, 5) is 30.0. The van der Waals surface area contributed by atoms with Gasteiger partial charge in [0.1, 0.15) is 6.04 Å². The fraction of sp³-hybridized carbons (Fsp3) is 0.257. The first kappa shape index (κ1) is 29.3. The van der Waals surface area contributed by atoms with Gasteiger partial charge in [0.2, 0.25) is 11.8 Å². The van der Waals surface area contributed by atoms with Crippen molar-refractivity contribution in [3.63, 3.8) is 0 Å². The van der Waals surface area contributed by atoms with Crippen molar-refractivity contribution in [2.24, 2.45) is 0 Å². The minimum Gasteiger partial charge on any atom is -0.352 e. The number of carbonyl (C=O) groups is 2. The zero-order valence-corrected chi connectivity index (χ0v) is 24.8. The van der Waals surface area contributed by atoms with Gasteiger partial charge in [0.15, 0.2) is 0 Å². The van der Waals surface area contributed by atoms with Crippen molar-refractivity contribution in [2.75, 3.05) is 0 Å². The van der Waals surface area contributed by atoms with Crippen molar-refractivity contribution in [1.82, 2.24) is 10.2 Å². The number of hydrogen-bond donors (Lipinski definition) is 1. The average Bonchev–Trinajstić information content (AvgIpc) is 2.99. The lowest BCUT2D eigenvalue weighted by molar-refractivity contribution is -0.141. The van der Waals surface area contributed by atoms with Crippen LogP contribution in [0.5, 0.6) is 0 Å². The van der Waals surface area contributed by atoms with Crippen molar-refractivity contribution >= 4 is 27.7 Å². The Bertz CT molecular complexity index is 1320. The van der Waals surface area contributed by atoms with E-state index in [1.807, 2.05) is 105 Å². The molecule has 0 aliphatic carbocycles. The second-order valence-electron chi connectivity index (χ2n) is 10.3. The normalized spacial score (nSPS) is 12.5. The molecule has 0 aromatic heterocycles. The molecule has 0 spiro atoms. The van der Waals surface area contributed by atoms with E-state index in [0.29, 0.717) is 13.0 Å². The van der Waals surface area contributed by atoms with Gasteiger partial charge in [0.05, 0.1) is 0 Å². The van der Waals surface area contributed by atoms with Crippen molar-refractivity contribution in [2.45, 2.75) is 57.7 Å². The topological polar surface area (TPSA) is 49.4 Å². The molecule has 4 aromatic rings. The molecule has 0 bridgehead atoms. The van der Waals surface area contributed by atoms with Crippen LogP contribution in [0.4, 0.5) is 0 Å². The van der Waals surface area contributed by atoms with Crippen LogP contribution in [-0.2, 0) is 22.6 Å². The SMILES string of the molecule is CC[C@@H](C)NC(=O)[C@H](Cc1ccccc1)N(Cc1cccc(Br)c1)C(=O)CC(c1ccccc1)c1ccccc1. The molecule has 0 fully saturated rings. The summed E-state index contributed by atoms with van der Waals surface area (Å²) in [6.45, 7) is 4.38. The zero-order chi connectivity index (χ0) is 28.3. The molecule has 0 unspecified atom stereocenters.